The second-order valence-electron chi connectivity index (χ2n) is 6.51. The molecule has 1 aromatic rings. The Labute approximate surface area is 137 Å². The van der Waals surface area contributed by atoms with Crippen molar-refractivity contribution in [3.8, 4) is 5.75 Å². The Hall–Kier alpha value is -0.540. The van der Waals surface area contributed by atoms with E-state index in [0.717, 1.165) is 18.7 Å². The fraction of sp³-hybridized carbons (Fsp3) is 0.667. The summed E-state index contributed by atoms with van der Waals surface area (Å²) in [6.07, 6.45) is 10.3. The molecule has 1 aromatic carbocycles. The largest absolute Gasteiger partial charge is 0.496 e. The van der Waals surface area contributed by atoms with Crippen molar-refractivity contribution in [2.75, 3.05) is 13.7 Å². The van der Waals surface area contributed by atoms with Crippen LogP contribution in [0.3, 0.4) is 0 Å². The van der Waals surface area contributed by atoms with E-state index in [1.54, 1.807) is 7.11 Å². The van der Waals surface area contributed by atoms with Gasteiger partial charge < -0.3 is 10.5 Å². The van der Waals surface area contributed by atoms with E-state index < -0.39 is 0 Å². The molecule has 0 aliphatic heterocycles. The van der Waals surface area contributed by atoms with E-state index >= 15 is 0 Å². The summed E-state index contributed by atoms with van der Waals surface area (Å²) in [5.74, 6) is 1.02. The van der Waals surface area contributed by atoms with Crippen molar-refractivity contribution in [1.82, 2.24) is 0 Å². The fourth-order valence-corrected chi connectivity index (χ4v) is 4.11. The highest BCUT2D eigenvalue weighted by atomic mass is 79.9. The zero-order valence-electron chi connectivity index (χ0n) is 13.4. The molecule has 0 spiro atoms. The first-order valence-electron chi connectivity index (χ1n) is 8.13. The lowest BCUT2D eigenvalue weighted by Gasteiger charge is -2.37. The number of halogens is 1. The van der Waals surface area contributed by atoms with E-state index in [1.165, 1.54) is 60.5 Å². The molecule has 3 heteroatoms. The third-order valence-corrected chi connectivity index (χ3v) is 5.93. The molecule has 0 amide bonds. The monoisotopic (exact) mass is 353 g/mol. The molecule has 1 aliphatic rings. The molecule has 1 saturated carbocycles. The first-order valence-corrected chi connectivity index (χ1v) is 8.93. The highest BCUT2D eigenvalue weighted by molar-refractivity contribution is 9.10. The van der Waals surface area contributed by atoms with E-state index in [0.29, 0.717) is 5.41 Å². The Bertz CT molecular complexity index is 461. The van der Waals surface area contributed by atoms with Crippen molar-refractivity contribution in [3.63, 3.8) is 0 Å². The van der Waals surface area contributed by atoms with Crippen molar-refractivity contribution < 1.29 is 4.74 Å². The molecule has 2 nitrogen and oxygen atoms in total. The predicted molar refractivity (Wildman–Crippen MR) is 92.9 cm³/mol. The lowest BCUT2D eigenvalue weighted by atomic mass is 9.68. The van der Waals surface area contributed by atoms with Crippen molar-refractivity contribution in [1.29, 1.82) is 0 Å². The summed E-state index contributed by atoms with van der Waals surface area (Å²) >= 11 is 3.64. The maximum atomic E-state index is 5.88. The molecule has 0 aromatic heterocycles. The number of rotatable bonds is 6. The normalized spacial score (nSPS) is 17.7. The molecular weight excluding hydrogens is 326 g/mol. The first kappa shape index (κ1) is 16.8. The molecule has 0 bridgehead atoms. The summed E-state index contributed by atoms with van der Waals surface area (Å²) in [6, 6.07) is 4.36. The minimum absolute atomic E-state index is 0.468. The predicted octanol–water partition coefficient (Wildman–Crippen LogP) is 5.00. The quantitative estimate of drug-likeness (QED) is 0.780. The van der Waals surface area contributed by atoms with Gasteiger partial charge in [0.05, 0.1) is 7.11 Å². The molecule has 0 unspecified atom stereocenters. The van der Waals surface area contributed by atoms with Gasteiger partial charge in [0, 0.05) is 4.47 Å². The van der Waals surface area contributed by atoms with Gasteiger partial charge in [-0.25, -0.2) is 0 Å². The average molecular weight is 354 g/mol. The summed E-state index contributed by atoms with van der Waals surface area (Å²) in [7, 11) is 1.77. The van der Waals surface area contributed by atoms with Crippen LogP contribution < -0.4 is 10.5 Å². The lowest BCUT2D eigenvalue weighted by molar-refractivity contribution is 0.160. The van der Waals surface area contributed by atoms with Crippen LogP contribution >= 0.6 is 15.9 Å². The topological polar surface area (TPSA) is 35.2 Å². The smallest absolute Gasteiger partial charge is 0.122 e. The second-order valence-corrected chi connectivity index (χ2v) is 7.37. The van der Waals surface area contributed by atoms with Crippen LogP contribution in [0.1, 0.15) is 56.1 Å². The number of hydrogen-bond acceptors (Lipinski definition) is 2. The summed E-state index contributed by atoms with van der Waals surface area (Å²) in [5.41, 5.74) is 8.89. The highest BCUT2D eigenvalue weighted by Gasteiger charge is 2.31. The number of nitrogens with two attached hydrogens (primary N) is 1. The summed E-state index contributed by atoms with van der Waals surface area (Å²) in [4.78, 5) is 0. The van der Waals surface area contributed by atoms with Crippen LogP contribution in [0.25, 0.3) is 0 Å². The van der Waals surface area contributed by atoms with Gasteiger partial charge in [-0.05, 0) is 74.2 Å². The van der Waals surface area contributed by atoms with Gasteiger partial charge in [-0.2, -0.15) is 0 Å². The van der Waals surface area contributed by atoms with E-state index in [4.69, 9.17) is 10.5 Å². The van der Waals surface area contributed by atoms with Crippen molar-refractivity contribution in [3.05, 3.63) is 27.7 Å². The van der Waals surface area contributed by atoms with Crippen LogP contribution in [0.5, 0.6) is 5.75 Å². The third-order valence-electron chi connectivity index (χ3n) is 5.08. The fourth-order valence-electron chi connectivity index (χ4n) is 3.71. The van der Waals surface area contributed by atoms with E-state index in [9.17, 15) is 0 Å². The highest BCUT2D eigenvalue weighted by Crippen LogP contribution is 2.43. The maximum absolute atomic E-state index is 5.88. The standard InChI is InChI=1S/C18H28BrNO/c1-14-12-17(21-2)15(13-16(14)19)6-9-18(10-11-20)7-4-3-5-8-18/h12-13H,3-11,20H2,1-2H3. The molecule has 0 heterocycles. The minimum Gasteiger partial charge on any atom is -0.496 e. The van der Waals surface area contributed by atoms with Crippen LogP contribution in [0.15, 0.2) is 16.6 Å². The van der Waals surface area contributed by atoms with Crippen LogP contribution in [-0.4, -0.2) is 13.7 Å². The summed E-state index contributed by atoms with van der Waals surface area (Å²) in [6.45, 7) is 2.92. The zero-order chi connectivity index (χ0) is 15.3. The molecule has 118 valence electrons. The molecule has 0 atom stereocenters. The van der Waals surface area contributed by atoms with Crippen molar-refractivity contribution in [2.24, 2.45) is 11.1 Å². The molecule has 1 aliphatic carbocycles. The van der Waals surface area contributed by atoms with Gasteiger partial charge in [0.2, 0.25) is 0 Å². The Balaban J connectivity index is 2.11. The first-order chi connectivity index (χ1) is 10.1. The molecule has 0 saturated heterocycles. The number of hydrogen-bond donors (Lipinski definition) is 1. The van der Waals surface area contributed by atoms with Crippen molar-refractivity contribution >= 4 is 15.9 Å². The molecular formula is C18H28BrNO. The second kappa shape index (κ2) is 7.64. The maximum Gasteiger partial charge on any atom is 0.122 e. The van der Waals surface area contributed by atoms with Gasteiger partial charge in [-0.1, -0.05) is 35.2 Å². The molecule has 2 N–H and O–H groups in total. The number of benzene rings is 1. The van der Waals surface area contributed by atoms with E-state index in [1.807, 2.05) is 0 Å². The lowest BCUT2D eigenvalue weighted by Crippen LogP contribution is -2.28. The average Bonchev–Trinajstić information content (AvgIpc) is 2.49. The Kier molecular flexibility index (Phi) is 6.12. The van der Waals surface area contributed by atoms with Crippen LogP contribution in [0, 0.1) is 12.3 Å². The summed E-state index contributed by atoms with van der Waals surface area (Å²) < 4.78 is 6.74. The third kappa shape index (κ3) is 4.23. The van der Waals surface area contributed by atoms with Gasteiger partial charge in [0.25, 0.3) is 0 Å². The Morgan fingerprint density at radius 3 is 2.52 bits per heavy atom. The van der Waals surface area contributed by atoms with Crippen LogP contribution in [0.4, 0.5) is 0 Å². The van der Waals surface area contributed by atoms with Gasteiger partial charge in [-0.3, -0.25) is 0 Å². The van der Waals surface area contributed by atoms with Crippen LogP contribution in [-0.2, 0) is 6.42 Å². The SMILES string of the molecule is COc1cc(C)c(Br)cc1CCC1(CCN)CCCCC1. The van der Waals surface area contributed by atoms with E-state index in [-0.39, 0.29) is 0 Å². The van der Waals surface area contributed by atoms with Crippen LogP contribution in [0.2, 0.25) is 0 Å². The zero-order valence-corrected chi connectivity index (χ0v) is 15.0. The van der Waals surface area contributed by atoms with Gasteiger partial charge in [-0.15, -0.1) is 0 Å². The Morgan fingerprint density at radius 2 is 1.90 bits per heavy atom. The molecule has 2 rings (SSSR count). The van der Waals surface area contributed by atoms with Gasteiger partial charge in [0.15, 0.2) is 0 Å². The molecule has 0 radical (unpaired) electrons. The number of methoxy groups -OCH3 is 1. The van der Waals surface area contributed by atoms with E-state index in [2.05, 4.69) is 35.0 Å². The minimum atomic E-state index is 0.468. The Morgan fingerprint density at radius 1 is 1.19 bits per heavy atom. The summed E-state index contributed by atoms with van der Waals surface area (Å²) in [5, 5.41) is 0. The van der Waals surface area contributed by atoms with Gasteiger partial charge in [0.1, 0.15) is 5.75 Å². The molecule has 21 heavy (non-hydrogen) atoms. The molecule has 1 fully saturated rings. The number of aryl methyl sites for hydroxylation is 2. The number of ether oxygens (including phenoxy) is 1. The van der Waals surface area contributed by atoms with Crippen molar-refractivity contribution in [2.45, 2.75) is 58.3 Å². The van der Waals surface area contributed by atoms with Gasteiger partial charge >= 0.3 is 0 Å².